The van der Waals surface area contributed by atoms with Crippen molar-refractivity contribution in [3.8, 4) is 0 Å². The van der Waals surface area contributed by atoms with Crippen LogP contribution in [0.2, 0.25) is 0 Å². The fraction of sp³-hybridized carbons (Fsp3) is 0.684. The van der Waals surface area contributed by atoms with E-state index in [-0.39, 0.29) is 35.6 Å². The largest absolute Gasteiger partial charge is 0.511 e. The molecule has 1 amide bonds. The van der Waals surface area contributed by atoms with Crippen LogP contribution in [0, 0.1) is 5.41 Å². The predicted molar refractivity (Wildman–Crippen MR) is 101 cm³/mol. The number of rotatable bonds is 6. The van der Waals surface area contributed by atoms with Crippen LogP contribution in [0.25, 0.3) is 0 Å². The van der Waals surface area contributed by atoms with E-state index in [2.05, 4.69) is 4.99 Å². The van der Waals surface area contributed by atoms with Crippen LogP contribution in [0.15, 0.2) is 16.3 Å². The summed E-state index contributed by atoms with van der Waals surface area (Å²) in [6.45, 7) is 10.1. The van der Waals surface area contributed by atoms with Crippen LogP contribution >= 0.6 is 0 Å². The number of Topliss-reactive ketones (excluding diaryl/α,β-unsaturated/α-hetero) is 1. The lowest BCUT2D eigenvalue weighted by Crippen LogP contribution is -2.41. The molecule has 1 rings (SSSR count). The SMILES string of the molecule is CC(=NCCN(CC(=O)O)C(=O)OC(C)(C)C)C1=C(O)CC(C)(C)CC1=O. The zero-order valence-corrected chi connectivity index (χ0v) is 17.0. The summed E-state index contributed by atoms with van der Waals surface area (Å²) in [4.78, 5) is 40.7. The molecular formula is C19H30N2O6. The smallest absolute Gasteiger partial charge is 0.410 e. The van der Waals surface area contributed by atoms with E-state index in [4.69, 9.17) is 9.84 Å². The standard InChI is InChI=1S/C19H30N2O6/c1-12(16-13(22)9-19(5,6)10-14(16)23)20-7-8-21(11-15(24)25)17(26)27-18(2,3)4/h22H,7-11H2,1-6H3,(H,24,25). The molecular weight excluding hydrogens is 352 g/mol. The van der Waals surface area contributed by atoms with Gasteiger partial charge >= 0.3 is 12.1 Å². The van der Waals surface area contributed by atoms with E-state index in [1.54, 1.807) is 27.7 Å². The Kier molecular flexibility index (Phi) is 7.17. The zero-order valence-electron chi connectivity index (χ0n) is 17.0. The van der Waals surface area contributed by atoms with E-state index >= 15 is 0 Å². The number of ketones is 1. The van der Waals surface area contributed by atoms with E-state index in [9.17, 15) is 19.5 Å². The minimum atomic E-state index is -1.16. The molecule has 0 aliphatic heterocycles. The van der Waals surface area contributed by atoms with Crippen molar-refractivity contribution >= 4 is 23.6 Å². The molecule has 0 heterocycles. The molecule has 1 aliphatic carbocycles. The summed E-state index contributed by atoms with van der Waals surface area (Å²) in [5, 5.41) is 19.2. The number of nitrogens with zero attached hydrogens (tertiary/aromatic N) is 2. The second-order valence-electron chi connectivity index (χ2n) is 8.53. The topological polar surface area (TPSA) is 116 Å². The molecule has 0 atom stereocenters. The fourth-order valence-electron chi connectivity index (χ4n) is 2.84. The number of carboxylic acid groups (broad SMARTS) is 1. The first kappa shape index (κ1) is 22.7. The number of amides is 1. The van der Waals surface area contributed by atoms with Crippen LogP contribution in [-0.2, 0) is 14.3 Å². The average Bonchev–Trinajstić information content (AvgIpc) is 2.41. The lowest BCUT2D eigenvalue weighted by molar-refractivity contribution is -0.138. The Morgan fingerprint density at radius 2 is 1.85 bits per heavy atom. The molecule has 8 nitrogen and oxygen atoms in total. The highest BCUT2D eigenvalue weighted by Gasteiger charge is 2.34. The van der Waals surface area contributed by atoms with Gasteiger partial charge in [-0.25, -0.2) is 4.79 Å². The molecule has 0 fully saturated rings. The summed E-state index contributed by atoms with van der Waals surface area (Å²) in [7, 11) is 0. The van der Waals surface area contributed by atoms with E-state index in [1.807, 2.05) is 13.8 Å². The first-order chi connectivity index (χ1) is 12.2. The molecule has 0 aromatic heterocycles. The van der Waals surface area contributed by atoms with Crippen molar-refractivity contribution in [2.45, 2.75) is 60.0 Å². The summed E-state index contributed by atoms with van der Waals surface area (Å²) in [6, 6.07) is 0. The Balaban J connectivity index is 2.85. The van der Waals surface area contributed by atoms with Crippen LogP contribution in [0.3, 0.4) is 0 Å². The van der Waals surface area contributed by atoms with E-state index in [0.717, 1.165) is 4.90 Å². The fourth-order valence-corrected chi connectivity index (χ4v) is 2.84. The van der Waals surface area contributed by atoms with E-state index in [0.29, 0.717) is 18.6 Å². The third-order valence-corrected chi connectivity index (χ3v) is 3.91. The van der Waals surface area contributed by atoms with E-state index in [1.165, 1.54) is 0 Å². The molecule has 0 unspecified atom stereocenters. The third kappa shape index (κ3) is 7.40. The van der Waals surface area contributed by atoms with Crippen molar-refractivity contribution in [2.75, 3.05) is 19.6 Å². The Bertz CT molecular complexity index is 670. The monoisotopic (exact) mass is 382 g/mol. The second-order valence-corrected chi connectivity index (χ2v) is 8.53. The van der Waals surface area contributed by atoms with Crippen molar-refractivity contribution in [3.05, 3.63) is 11.3 Å². The number of ether oxygens (including phenoxy) is 1. The maximum Gasteiger partial charge on any atom is 0.410 e. The first-order valence-corrected chi connectivity index (χ1v) is 8.88. The molecule has 0 bridgehead atoms. The minimum Gasteiger partial charge on any atom is -0.511 e. The second kappa shape index (κ2) is 8.54. The number of carboxylic acids is 1. The molecule has 27 heavy (non-hydrogen) atoms. The summed E-state index contributed by atoms with van der Waals surface area (Å²) < 4.78 is 5.20. The van der Waals surface area contributed by atoms with Crippen molar-refractivity contribution in [3.63, 3.8) is 0 Å². The molecule has 0 aromatic rings. The highest BCUT2D eigenvalue weighted by molar-refractivity contribution is 6.22. The molecule has 0 saturated heterocycles. The predicted octanol–water partition coefficient (Wildman–Crippen LogP) is 2.97. The maximum absolute atomic E-state index is 12.3. The number of hydrogen-bond donors (Lipinski definition) is 2. The van der Waals surface area contributed by atoms with Crippen molar-refractivity contribution in [1.82, 2.24) is 4.90 Å². The maximum atomic E-state index is 12.3. The van der Waals surface area contributed by atoms with Gasteiger partial charge in [0.05, 0.1) is 12.1 Å². The molecule has 0 saturated carbocycles. The summed E-state index contributed by atoms with van der Waals surface area (Å²) >= 11 is 0. The third-order valence-electron chi connectivity index (χ3n) is 3.91. The minimum absolute atomic E-state index is 0.0201. The van der Waals surface area contributed by atoms with Crippen LogP contribution in [0.1, 0.15) is 54.4 Å². The number of carbonyl (C=O) groups is 3. The lowest BCUT2D eigenvalue weighted by atomic mass is 9.76. The number of hydrogen-bond acceptors (Lipinski definition) is 6. The number of carbonyl (C=O) groups excluding carboxylic acids is 2. The van der Waals surface area contributed by atoms with E-state index < -0.39 is 24.2 Å². The van der Waals surface area contributed by atoms with Gasteiger partial charge in [0.15, 0.2) is 5.78 Å². The van der Waals surface area contributed by atoms with Gasteiger partial charge in [-0.2, -0.15) is 0 Å². The Labute approximate surface area is 159 Å². The molecule has 0 spiro atoms. The van der Waals surface area contributed by atoms with Crippen LogP contribution in [0.5, 0.6) is 0 Å². The molecule has 0 radical (unpaired) electrons. The summed E-state index contributed by atoms with van der Waals surface area (Å²) in [6.07, 6.45) is -0.0259. The molecule has 0 aromatic carbocycles. The van der Waals surface area contributed by atoms with Gasteiger partial charge in [0.25, 0.3) is 0 Å². The Morgan fingerprint density at radius 3 is 2.33 bits per heavy atom. The van der Waals surface area contributed by atoms with Gasteiger partial charge in [-0.1, -0.05) is 13.8 Å². The molecule has 1 aliphatic rings. The molecule has 2 N–H and O–H groups in total. The lowest BCUT2D eigenvalue weighted by Gasteiger charge is -2.29. The number of aliphatic carboxylic acids is 1. The number of aliphatic hydroxyl groups is 1. The summed E-state index contributed by atoms with van der Waals surface area (Å²) in [5.74, 6) is -1.31. The van der Waals surface area contributed by atoms with Gasteiger partial charge < -0.3 is 14.9 Å². The van der Waals surface area contributed by atoms with Gasteiger partial charge in [-0.05, 0) is 33.1 Å². The van der Waals surface area contributed by atoms with Crippen LogP contribution in [-0.4, -0.2) is 63.9 Å². The Hall–Kier alpha value is -2.38. The van der Waals surface area contributed by atoms with Crippen molar-refractivity contribution in [1.29, 1.82) is 0 Å². The van der Waals surface area contributed by atoms with Gasteiger partial charge in [-0.3, -0.25) is 19.5 Å². The van der Waals surface area contributed by atoms with Crippen molar-refractivity contribution < 1.29 is 29.3 Å². The Morgan fingerprint density at radius 1 is 1.26 bits per heavy atom. The summed E-state index contributed by atoms with van der Waals surface area (Å²) in [5.41, 5.74) is -0.436. The number of allylic oxidation sites excluding steroid dienone is 2. The van der Waals surface area contributed by atoms with Gasteiger partial charge in [-0.15, -0.1) is 0 Å². The quantitative estimate of drug-likeness (QED) is 0.682. The highest BCUT2D eigenvalue weighted by atomic mass is 16.6. The zero-order chi connectivity index (χ0) is 21.0. The first-order valence-electron chi connectivity index (χ1n) is 8.88. The van der Waals surface area contributed by atoms with Gasteiger partial charge in [0, 0.05) is 25.1 Å². The average molecular weight is 382 g/mol. The molecule has 152 valence electrons. The van der Waals surface area contributed by atoms with Crippen molar-refractivity contribution in [2.24, 2.45) is 10.4 Å². The molecule has 8 heteroatoms. The normalized spacial score (nSPS) is 17.7. The number of aliphatic imine (C=N–C) groups is 1. The van der Waals surface area contributed by atoms with Gasteiger partial charge in [0.1, 0.15) is 17.9 Å². The highest BCUT2D eigenvalue weighted by Crippen LogP contribution is 2.36. The number of aliphatic hydroxyl groups excluding tert-OH is 1. The van der Waals surface area contributed by atoms with Crippen LogP contribution < -0.4 is 0 Å². The van der Waals surface area contributed by atoms with Gasteiger partial charge in [0.2, 0.25) is 0 Å². The van der Waals surface area contributed by atoms with Crippen LogP contribution in [0.4, 0.5) is 4.79 Å².